The van der Waals surface area contributed by atoms with Crippen LogP contribution >= 0.6 is 0 Å². The lowest BCUT2D eigenvalue weighted by Gasteiger charge is -2.20. The number of benzene rings is 3. The van der Waals surface area contributed by atoms with Gasteiger partial charge >= 0.3 is 11.3 Å². The molecule has 5 heterocycles. The van der Waals surface area contributed by atoms with E-state index in [0.717, 1.165) is 59.6 Å². The van der Waals surface area contributed by atoms with Gasteiger partial charge in [-0.25, -0.2) is 9.59 Å². The molecule has 8 rings (SSSR count). The zero-order valence-electron chi connectivity index (χ0n) is 25.8. The molecule has 0 aliphatic heterocycles. The van der Waals surface area contributed by atoms with Crippen molar-refractivity contribution in [3.05, 3.63) is 99.2 Å². The summed E-state index contributed by atoms with van der Waals surface area (Å²) in [6.07, 6.45) is 3.18. The minimum atomic E-state index is -0.518. The zero-order chi connectivity index (χ0) is 31.5. The van der Waals surface area contributed by atoms with Crippen LogP contribution in [0.5, 0.6) is 0 Å². The summed E-state index contributed by atoms with van der Waals surface area (Å²) >= 11 is 0. The summed E-state index contributed by atoms with van der Waals surface area (Å²) in [4.78, 5) is 28.5. The third-order valence-corrected chi connectivity index (χ3v) is 8.85. The molecule has 0 amide bonds. The van der Waals surface area contributed by atoms with Gasteiger partial charge in [0.25, 0.3) is 0 Å². The Morgan fingerprint density at radius 1 is 0.587 bits per heavy atom. The normalized spacial score (nSPS) is 12.0. The first-order chi connectivity index (χ1) is 22.4. The van der Waals surface area contributed by atoms with Gasteiger partial charge in [-0.05, 0) is 61.9 Å². The molecule has 230 valence electrons. The van der Waals surface area contributed by atoms with Gasteiger partial charge in [0, 0.05) is 53.1 Å². The summed E-state index contributed by atoms with van der Waals surface area (Å²) in [6, 6.07) is 22.9. The van der Waals surface area contributed by atoms with Crippen LogP contribution in [-0.2, 0) is 6.42 Å². The molecule has 0 bridgehead atoms. The van der Waals surface area contributed by atoms with Crippen molar-refractivity contribution in [1.29, 1.82) is 0 Å². The second-order valence-corrected chi connectivity index (χ2v) is 11.6. The summed E-state index contributed by atoms with van der Waals surface area (Å²) < 4.78 is 29.9. The Kier molecular flexibility index (Phi) is 6.60. The van der Waals surface area contributed by atoms with Gasteiger partial charge in [-0.3, -0.25) is 0 Å². The standard InChI is InChI=1S/C38H31NO7/c1-4-7-9-21-10-8-11-26-25(21)15-13-23-17-28(38(41)46-34(23)26)31-20-33-36(44-31)35-32(42-33)19-30(43-35)27-16-22-12-14-24(39(5-2)6-3)18-29(22)45-37(27)40/h8,10-20H,4-7,9H2,1-3H3. The van der Waals surface area contributed by atoms with E-state index >= 15 is 0 Å². The predicted molar refractivity (Wildman–Crippen MR) is 181 cm³/mol. The highest BCUT2D eigenvalue weighted by Crippen LogP contribution is 2.39. The van der Waals surface area contributed by atoms with E-state index in [9.17, 15) is 9.59 Å². The molecule has 8 aromatic rings. The van der Waals surface area contributed by atoms with Crippen molar-refractivity contribution in [2.45, 2.75) is 40.0 Å². The number of hydrogen-bond donors (Lipinski definition) is 0. The van der Waals surface area contributed by atoms with Gasteiger partial charge in [-0.1, -0.05) is 43.7 Å². The monoisotopic (exact) mass is 613 g/mol. The molecule has 8 heteroatoms. The average Bonchev–Trinajstić information content (AvgIpc) is 3.75. The number of unbranched alkanes of at least 4 members (excludes halogenated alkanes) is 1. The number of anilines is 1. The second kappa shape index (κ2) is 10.8. The van der Waals surface area contributed by atoms with Crippen molar-refractivity contribution in [2.24, 2.45) is 0 Å². The Morgan fingerprint density at radius 2 is 1.26 bits per heavy atom. The van der Waals surface area contributed by atoms with Crippen molar-refractivity contribution < 1.29 is 22.1 Å². The maximum Gasteiger partial charge on any atom is 0.347 e. The number of rotatable bonds is 8. The van der Waals surface area contributed by atoms with Crippen LogP contribution in [0, 0.1) is 0 Å². The van der Waals surface area contributed by atoms with Gasteiger partial charge in [0.2, 0.25) is 11.2 Å². The molecule has 5 aromatic heterocycles. The summed E-state index contributed by atoms with van der Waals surface area (Å²) in [6.45, 7) is 8.04. The summed E-state index contributed by atoms with van der Waals surface area (Å²) in [5.41, 5.74) is 4.33. The van der Waals surface area contributed by atoms with Gasteiger partial charge in [-0.15, -0.1) is 0 Å². The topological polar surface area (TPSA) is 103 Å². The van der Waals surface area contributed by atoms with Crippen LogP contribution in [0.4, 0.5) is 5.69 Å². The lowest BCUT2D eigenvalue weighted by molar-refractivity contribution is 0.551. The number of furan rings is 3. The van der Waals surface area contributed by atoms with E-state index < -0.39 is 11.3 Å². The van der Waals surface area contributed by atoms with E-state index in [4.69, 9.17) is 22.1 Å². The highest BCUT2D eigenvalue weighted by Gasteiger charge is 2.23. The molecule has 0 unspecified atom stereocenters. The summed E-state index contributed by atoms with van der Waals surface area (Å²) in [7, 11) is 0. The van der Waals surface area contributed by atoms with Crippen LogP contribution in [0.2, 0.25) is 0 Å². The van der Waals surface area contributed by atoms with E-state index in [1.807, 2.05) is 36.4 Å². The molecule has 8 nitrogen and oxygen atoms in total. The molecule has 0 radical (unpaired) electrons. The van der Waals surface area contributed by atoms with Crippen LogP contribution in [0.15, 0.2) is 104 Å². The first-order valence-corrected chi connectivity index (χ1v) is 15.7. The molecule has 0 atom stereocenters. The van der Waals surface area contributed by atoms with Crippen LogP contribution in [-0.4, -0.2) is 13.1 Å². The van der Waals surface area contributed by atoms with Crippen LogP contribution in [0.25, 0.3) is 77.7 Å². The van der Waals surface area contributed by atoms with Gasteiger partial charge in [0.05, 0.1) is 0 Å². The lowest BCUT2D eigenvalue weighted by Crippen LogP contribution is -2.21. The number of fused-ring (bicyclic) bond motifs is 7. The molecule has 0 spiro atoms. The van der Waals surface area contributed by atoms with Crippen LogP contribution in [0.1, 0.15) is 39.2 Å². The zero-order valence-corrected chi connectivity index (χ0v) is 25.8. The SMILES string of the molecule is CCCCc1cccc2c1ccc1cc(-c3cc4oc5cc(-c6cc7ccc(N(CC)CC)cc7oc6=O)oc5c4o3)c(=O)oc12. The number of nitrogens with zero attached hydrogens (tertiary/aromatic N) is 1. The second-order valence-electron chi connectivity index (χ2n) is 11.6. The highest BCUT2D eigenvalue weighted by molar-refractivity contribution is 6.06. The van der Waals surface area contributed by atoms with Crippen LogP contribution < -0.4 is 16.2 Å². The molecular weight excluding hydrogens is 582 g/mol. The molecular formula is C38H31NO7. The molecule has 0 saturated carbocycles. The molecule has 0 N–H and O–H groups in total. The smallest absolute Gasteiger partial charge is 0.347 e. The summed E-state index contributed by atoms with van der Waals surface area (Å²) in [5.74, 6) is 0.600. The van der Waals surface area contributed by atoms with E-state index in [1.165, 1.54) is 5.56 Å². The lowest BCUT2D eigenvalue weighted by atomic mass is 9.98. The Labute approximate surface area is 262 Å². The largest absolute Gasteiger partial charge is 0.449 e. The Morgan fingerprint density at radius 3 is 1.96 bits per heavy atom. The third-order valence-electron chi connectivity index (χ3n) is 8.85. The Balaban J connectivity index is 1.17. The number of hydrogen-bond acceptors (Lipinski definition) is 8. The minimum Gasteiger partial charge on any atom is -0.449 e. The van der Waals surface area contributed by atoms with Crippen molar-refractivity contribution in [2.75, 3.05) is 18.0 Å². The van der Waals surface area contributed by atoms with Gasteiger partial charge in [0.1, 0.15) is 33.8 Å². The van der Waals surface area contributed by atoms with Gasteiger partial charge < -0.3 is 27.0 Å². The van der Waals surface area contributed by atoms with Gasteiger partial charge in [-0.2, -0.15) is 0 Å². The molecule has 0 fully saturated rings. The molecule has 3 aromatic carbocycles. The minimum absolute atomic E-state index is 0.273. The van der Waals surface area contributed by atoms with E-state index in [0.29, 0.717) is 45.0 Å². The fraction of sp³-hybridized carbons (Fsp3) is 0.211. The van der Waals surface area contributed by atoms with E-state index in [2.05, 4.69) is 37.8 Å². The van der Waals surface area contributed by atoms with Crippen molar-refractivity contribution in [3.8, 4) is 22.6 Å². The van der Waals surface area contributed by atoms with Crippen molar-refractivity contribution >= 4 is 60.7 Å². The maximum absolute atomic E-state index is 13.3. The maximum atomic E-state index is 13.3. The fourth-order valence-electron chi connectivity index (χ4n) is 6.42. The molecule has 46 heavy (non-hydrogen) atoms. The van der Waals surface area contributed by atoms with Gasteiger partial charge in [0.15, 0.2) is 11.2 Å². The van der Waals surface area contributed by atoms with Crippen LogP contribution in [0.3, 0.4) is 0 Å². The van der Waals surface area contributed by atoms with Crippen molar-refractivity contribution in [1.82, 2.24) is 0 Å². The predicted octanol–water partition coefficient (Wildman–Crippen LogP) is 9.66. The Hall–Kier alpha value is -5.50. The third kappa shape index (κ3) is 4.43. The van der Waals surface area contributed by atoms with E-state index in [1.54, 1.807) is 24.3 Å². The fourth-order valence-corrected chi connectivity index (χ4v) is 6.42. The average molecular weight is 614 g/mol. The Bertz CT molecular complexity index is 2550. The van der Waals surface area contributed by atoms with Crippen molar-refractivity contribution in [3.63, 3.8) is 0 Å². The molecule has 0 saturated heterocycles. The summed E-state index contributed by atoms with van der Waals surface area (Å²) in [5, 5.41) is 3.57. The quantitative estimate of drug-likeness (QED) is 0.123. The first kappa shape index (κ1) is 28.0. The number of aryl methyl sites for hydroxylation is 1. The molecule has 0 aliphatic carbocycles. The molecule has 0 aliphatic rings. The highest BCUT2D eigenvalue weighted by atomic mass is 16.4. The van der Waals surface area contributed by atoms with E-state index in [-0.39, 0.29) is 11.1 Å². The first-order valence-electron chi connectivity index (χ1n) is 15.7.